The van der Waals surface area contributed by atoms with Crippen molar-refractivity contribution in [1.29, 1.82) is 0 Å². The highest BCUT2D eigenvalue weighted by Crippen LogP contribution is 2.21. The first-order valence-corrected chi connectivity index (χ1v) is 10.8. The summed E-state index contributed by atoms with van der Waals surface area (Å²) in [4.78, 5) is 41.9. The number of benzene rings is 1. The lowest BCUT2D eigenvalue weighted by Crippen LogP contribution is -2.40. The molecule has 3 rings (SSSR count). The molecule has 1 aliphatic rings. The van der Waals surface area contributed by atoms with Gasteiger partial charge in [0.2, 0.25) is 5.91 Å². The number of aromatic nitrogens is 1. The Kier molecular flexibility index (Phi) is 7.82. The second-order valence-corrected chi connectivity index (χ2v) is 8.22. The Hall–Kier alpha value is -2.97. The number of carbonyl (C=O) groups is 3. The molecule has 8 heteroatoms. The summed E-state index contributed by atoms with van der Waals surface area (Å²) in [6.07, 6.45) is 0.186. The van der Waals surface area contributed by atoms with Gasteiger partial charge >= 0.3 is 5.97 Å². The number of methoxy groups -OCH3 is 1. The molecule has 1 atom stereocenters. The number of carbonyl (C=O) groups excluding carboxylic acids is 3. The number of nitrogens with zero attached hydrogens (tertiary/aromatic N) is 1. The fourth-order valence-electron chi connectivity index (χ4n) is 4.08. The second kappa shape index (κ2) is 10.6. The van der Waals surface area contributed by atoms with Gasteiger partial charge in [-0.3, -0.25) is 14.5 Å². The minimum Gasteiger partial charge on any atom is -0.465 e. The Balaban J connectivity index is 1.62. The molecule has 0 radical (unpaired) electrons. The van der Waals surface area contributed by atoms with E-state index in [1.165, 1.54) is 19.6 Å². The van der Waals surface area contributed by atoms with Crippen molar-refractivity contribution >= 4 is 17.7 Å². The van der Waals surface area contributed by atoms with E-state index in [2.05, 4.69) is 34.3 Å². The van der Waals surface area contributed by atoms with Crippen LogP contribution in [0.4, 0.5) is 0 Å². The molecule has 2 aromatic rings. The lowest BCUT2D eigenvalue weighted by Gasteiger charge is -2.31. The number of morpholine rings is 1. The van der Waals surface area contributed by atoms with Crippen LogP contribution in [-0.2, 0) is 33.8 Å². The maximum Gasteiger partial charge on any atom is 0.339 e. The lowest BCUT2D eigenvalue weighted by molar-refractivity contribution is -0.120. The first kappa shape index (κ1) is 23.7. The van der Waals surface area contributed by atoms with Gasteiger partial charge in [0.05, 0.1) is 37.5 Å². The summed E-state index contributed by atoms with van der Waals surface area (Å²) >= 11 is 0. The molecular weight excluding hydrogens is 410 g/mol. The fourth-order valence-corrected chi connectivity index (χ4v) is 4.08. The molecule has 1 aromatic carbocycles. The monoisotopic (exact) mass is 441 g/mol. The van der Waals surface area contributed by atoms with Gasteiger partial charge < -0.3 is 19.8 Å². The van der Waals surface area contributed by atoms with Crippen molar-refractivity contribution < 1.29 is 23.9 Å². The van der Waals surface area contributed by atoms with Gasteiger partial charge in [-0.05, 0) is 30.5 Å². The van der Waals surface area contributed by atoms with Crippen LogP contribution in [0, 0.1) is 6.92 Å². The van der Waals surface area contributed by atoms with Gasteiger partial charge in [0.25, 0.3) is 0 Å². The molecule has 2 N–H and O–H groups in total. The predicted molar refractivity (Wildman–Crippen MR) is 120 cm³/mol. The van der Waals surface area contributed by atoms with E-state index in [4.69, 9.17) is 9.47 Å². The number of hydrogen-bond donors (Lipinski definition) is 2. The summed E-state index contributed by atoms with van der Waals surface area (Å²) in [5.41, 5.74) is 3.62. The van der Waals surface area contributed by atoms with E-state index < -0.39 is 5.97 Å². The maximum absolute atomic E-state index is 12.6. The quantitative estimate of drug-likeness (QED) is 0.482. The van der Waals surface area contributed by atoms with Gasteiger partial charge in [-0.25, -0.2) is 4.79 Å². The Morgan fingerprint density at radius 2 is 2.03 bits per heavy atom. The highest BCUT2D eigenvalue weighted by molar-refractivity contribution is 6.01. The molecule has 8 nitrogen and oxygen atoms in total. The third kappa shape index (κ3) is 5.83. The van der Waals surface area contributed by atoms with E-state index in [9.17, 15) is 14.4 Å². The van der Waals surface area contributed by atoms with Gasteiger partial charge in [-0.15, -0.1) is 0 Å². The van der Waals surface area contributed by atoms with E-state index in [1.807, 2.05) is 12.1 Å². The molecule has 0 bridgehead atoms. The zero-order valence-corrected chi connectivity index (χ0v) is 19.1. The molecule has 1 amide bonds. The Labute approximate surface area is 188 Å². The van der Waals surface area contributed by atoms with Crippen LogP contribution >= 0.6 is 0 Å². The van der Waals surface area contributed by atoms with E-state index in [1.54, 1.807) is 6.92 Å². The van der Waals surface area contributed by atoms with Gasteiger partial charge in [-0.1, -0.05) is 24.3 Å². The molecule has 1 unspecified atom stereocenters. The zero-order chi connectivity index (χ0) is 23.3. The summed E-state index contributed by atoms with van der Waals surface area (Å²) in [6, 6.07) is 8.13. The third-order valence-electron chi connectivity index (χ3n) is 5.62. The maximum atomic E-state index is 12.6. The van der Waals surface area contributed by atoms with Crippen molar-refractivity contribution in [2.24, 2.45) is 0 Å². The molecule has 32 heavy (non-hydrogen) atoms. The summed E-state index contributed by atoms with van der Waals surface area (Å²) in [6.45, 7) is 8.93. The number of nitrogens with one attached hydrogen (secondary N) is 2. The average Bonchev–Trinajstić information content (AvgIpc) is 3.08. The van der Waals surface area contributed by atoms with Crippen LogP contribution in [0.5, 0.6) is 0 Å². The molecule has 0 saturated carbocycles. The molecule has 1 aliphatic heterocycles. The van der Waals surface area contributed by atoms with Crippen molar-refractivity contribution in [3.63, 3.8) is 0 Å². The van der Waals surface area contributed by atoms with Crippen LogP contribution in [0.1, 0.15) is 57.1 Å². The van der Waals surface area contributed by atoms with Gasteiger partial charge in [0, 0.05) is 38.8 Å². The number of amides is 1. The highest BCUT2D eigenvalue weighted by Gasteiger charge is 2.24. The topological polar surface area (TPSA) is 101 Å². The van der Waals surface area contributed by atoms with Crippen molar-refractivity contribution in [2.45, 2.75) is 46.4 Å². The molecule has 1 saturated heterocycles. The minimum absolute atomic E-state index is 0.0517. The number of H-pyrrole nitrogens is 1. The number of ketones is 1. The Morgan fingerprint density at radius 3 is 2.72 bits per heavy atom. The zero-order valence-electron chi connectivity index (χ0n) is 19.1. The minimum atomic E-state index is -0.570. The van der Waals surface area contributed by atoms with Crippen LogP contribution in [0.3, 0.4) is 0 Å². The van der Waals surface area contributed by atoms with Crippen LogP contribution in [0.15, 0.2) is 24.3 Å². The molecule has 1 aromatic heterocycles. The lowest BCUT2D eigenvalue weighted by atomic mass is 10.1. The normalized spacial score (nSPS) is 16.6. The summed E-state index contributed by atoms with van der Waals surface area (Å²) in [5, 5.41) is 2.90. The first-order chi connectivity index (χ1) is 15.3. The summed E-state index contributed by atoms with van der Waals surface area (Å²) in [5.74, 6) is -1.02. The Morgan fingerprint density at radius 1 is 1.28 bits per heavy atom. The van der Waals surface area contributed by atoms with Gasteiger partial charge in [0.1, 0.15) is 0 Å². The first-order valence-electron chi connectivity index (χ1n) is 10.8. The van der Waals surface area contributed by atoms with Crippen LogP contribution in [0.25, 0.3) is 0 Å². The molecule has 0 spiro atoms. The summed E-state index contributed by atoms with van der Waals surface area (Å²) < 4.78 is 10.4. The van der Waals surface area contributed by atoms with Gasteiger partial charge in [-0.2, -0.15) is 0 Å². The van der Waals surface area contributed by atoms with E-state index in [0.717, 1.165) is 31.8 Å². The molecule has 0 aliphatic carbocycles. The molecule has 1 fully saturated rings. The van der Waals surface area contributed by atoms with Crippen LogP contribution in [0.2, 0.25) is 0 Å². The molecule has 2 heterocycles. The van der Waals surface area contributed by atoms with Crippen molar-refractivity contribution in [2.75, 3.05) is 26.8 Å². The fraction of sp³-hybridized carbons (Fsp3) is 0.458. The molecular formula is C24H31N3O5. The number of rotatable bonds is 8. The van der Waals surface area contributed by atoms with Crippen molar-refractivity contribution in [1.82, 2.24) is 15.2 Å². The number of hydrogen-bond acceptors (Lipinski definition) is 6. The number of ether oxygens (including phenoxy) is 2. The largest absolute Gasteiger partial charge is 0.465 e. The number of aromatic amines is 1. The van der Waals surface area contributed by atoms with E-state index in [-0.39, 0.29) is 29.8 Å². The van der Waals surface area contributed by atoms with Crippen LogP contribution < -0.4 is 5.32 Å². The number of esters is 1. The Bertz CT molecular complexity index is 998. The SMILES string of the molecule is COC(=O)c1c(CC(=O)NCc2cccc(CN3CCOC(C)C3)c2)[nH]c(C(C)=O)c1C. The standard InChI is InChI=1S/C24H31N3O5/c1-15-13-27(8-9-32-15)14-19-7-5-6-18(10-19)12-25-21(29)11-20-22(24(30)31-4)16(2)23(26-20)17(3)28/h5-7,10,15,26H,8-9,11-14H2,1-4H3,(H,25,29). The number of Topliss-reactive ketones (excluding diaryl/α,β-unsaturated/α-hetero) is 1. The van der Waals surface area contributed by atoms with Gasteiger partial charge in [0.15, 0.2) is 5.78 Å². The summed E-state index contributed by atoms with van der Waals surface area (Å²) in [7, 11) is 1.27. The van der Waals surface area contributed by atoms with Crippen molar-refractivity contribution in [3.05, 3.63) is 57.9 Å². The highest BCUT2D eigenvalue weighted by atomic mass is 16.5. The molecule has 172 valence electrons. The van der Waals surface area contributed by atoms with E-state index >= 15 is 0 Å². The van der Waals surface area contributed by atoms with Crippen molar-refractivity contribution in [3.8, 4) is 0 Å². The predicted octanol–water partition coefficient (Wildman–Crippen LogP) is 2.39. The third-order valence-corrected chi connectivity index (χ3v) is 5.62. The second-order valence-electron chi connectivity index (χ2n) is 8.22. The van der Waals surface area contributed by atoms with Crippen LogP contribution in [-0.4, -0.2) is 60.5 Å². The smallest absolute Gasteiger partial charge is 0.339 e. The average molecular weight is 442 g/mol. The van der Waals surface area contributed by atoms with E-state index in [0.29, 0.717) is 23.5 Å².